The zero-order valence-electron chi connectivity index (χ0n) is 14.5. The van der Waals surface area contributed by atoms with Crippen LogP contribution in [-0.4, -0.2) is 32.1 Å². The van der Waals surface area contributed by atoms with Crippen LogP contribution in [0.2, 0.25) is 0 Å². The number of nitrogens with zero attached hydrogens (tertiary/aromatic N) is 1. The number of halogens is 1. The topological polar surface area (TPSA) is 84.9 Å². The molecule has 2 aromatic rings. The van der Waals surface area contributed by atoms with Gasteiger partial charge in [0.15, 0.2) is 0 Å². The molecule has 8 heteroatoms. The molecule has 3 rings (SSSR count). The Labute approximate surface area is 163 Å². The lowest BCUT2D eigenvalue weighted by atomic mass is 10.1. The van der Waals surface area contributed by atoms with Gasteiger partial charge in [-0.25, -0.2) is 9.69 Å². The lowest BCUT2D eigenvalue weighted by molar-refractivity contribution is -0.122. The minimum atomic E-state index is -0.803. The van der Waals surface area contributed by atoms with Gasteiger partial charge in [-0.05, 0) is 64.0 Å². The Hall–Kier alpha value is -3.13. The average Bonchev–Trinajstić information content (AvgIpc) is 2.65. The molecule has 0 radical (unpaired) electrons. The largest absolute Gasteiger partial charge is 0.497 e. The Balaban J connectivity index is 1.97. The standard InChI is InChI=1S/C19H15BrN2O5/c1-26-13-6-4-12(5-7-13)22-18(24)14(17(23)21-19(22)25)9-11-3-8-16(27-2)15(20)10-11/h3-10H,1-2H3,(H,21,23,25)/b14-9+. The molecular formula is C19H15BrN2O5. The predicted molar refractivity (Wildman–Crippen MR) is 103 cm³/mol. The van der Waals surface area contributed by atoms with Crippen molar-refractivity contribution in [2.24, 2.45) is 0 Å². The molecule has 0 aromatic heterocycles. The number of urea groups is 1. The van der Waals surface area contributed by atoms with E-state index < -0.39 is 17.8 Å². The van der Waals surface area contributed by atoms with Crippen LogP contribution in [0.5, 0.6) is 11.5 Å². The van der Waals surface area contributed by atoms with E-state index in [-0.39, 0.29) is 5.57 Å². The number of barbiturate groups is 1. The zero-order chi connectivity index (χ0) is 19.6. The quantitative estimate of drug-likeness (QED) is 0.594. The number of carbonyl (C=O) groups excluding carboxylic acids is 3. The molecule has 4 amide bonds. The van der Waals surface area contributed by atoms with Crippen molar-refractivity contribution in [3.8, 4) is 11.5 Å². The van der Waals surface area contributed by atoms with Crippen molar-refractivity contribution in [1.29, 1.82) is 0 Å². The molecule has 0 aliphatic carbocycles. The summed E-state index contributed by atoms with van der Waals surface area (Å²) in [5.74, 6) is -0.257. The van der Waals surface area contributed by atoms with Gasteiger partial charge in [0.2, 0.25) is 0 Å². The van der Waals surface area contributed by atoms with Gasteiger partial charge < -0.3 is 9.47 Å². The smallest absolute Gasteiger partial charge is 0.335 e. The number of ether oxygens (including phenoxy) is 2. The van der Waals surface area contributed by atoms with Crippen LogP contribution in [0.15, 0.2) is 52.5 Å². The molecule has 1 fully saturated rings. The third-order valence-corrected chi connectivity index (χ3v) is 4.54. The molecule has 1 aliphatic heterocycles. The lowest BCUT2D eigenvalue weighted by Gasteiger charge is -2.26. The van der Waals surface area contributed by atoms with E-state index in [1.807, 2.05) is 0 Å². The van der Waals surface area contributed by atoms with E-state index >= 15 is 0 Å². The third kappa shape index (κ3) is 3.70. The number of rotatable bonds is 4. The summed E-state index contributed by atoms with van der Waals surface area (Å²) in [5, 5.41) is 2.19. The van der Waals surface area contributed by atoms with E-state index in [1.165, 1.54) is 20.3 Å². The second kappa shape index (κ2) is 7.63. The number of carbonyl (C=O) groups is 3. The molecule has 1 aliphatic rings. The summed E-state index contributed by atoms with van der Waals surface area (Å²) >= 11 is 3.36. The van der Waals surface area contributed by atoms with Crippen LogP contribution in [0.3, 0.4) is 0 Å². The first-order chi connectivity index (χ1) is 12.9. The summed E-state index contributed by atoms with van der Waals surface area (Å²) in [7, 11) is 3.05. The second-order valence-electron chi connectivity index (χ2n) is 5.55. The van der Waals surface area contributed by atoms with Crippen LogP contribution in [0.25, 0.3) is 6.08 Å². The SMILES string of the molecule is COc1ccc(N2C(=O)NC(=O)/C(=C\c3ccc(OC)c(Br)c3)C2=O)cc1. The molecular weight excluding hydrogens is 416 g/mol. The van der Waals surface area contributed by atoms with Crippen LogP contribution >= 0.6 is 15.9 Å². The van der Waals surface area contributed by atoms with Gasteiger partial charge in [-0.1, -0.05) is 6.07 Å². The fourth-order valence-corrected chi connectivity index (χ4v) is 3.12. The number of amides is 4. The van der Waals surface area contributed by atoms with Gasteiger partial charge in [-0.15, -0.1) is 0 Å². The van der Waals surface area contributed by atoms with Gasteiger partial charge in [-0.3, -0.25) is 14.9 Å². The van der Waals surface area contributed by atoms with Crippen molar-refractivity contribution in [1.82, 2.24) is 5.32 Å². The molecule has 1 N–H and O–H groups in total. The summed E-state index contributed by atoms with van der Waals surface area (Å²) in [6, 6.07) is 10.7. The van der Waals surface area contributed by atoms with Crippen molar-refractivity contribution in [2.75, 3.05) is 19.1 Å². The molecule has 2 aromatic carbocycles. The van der Waals surface area contributed by atoms with Crippen LogP contribution in [0, 0.1) is 0 Å². The fraction of sp³-hybridized carbons (Fsp3) is 0.105. The van der Waals surface area contributed by atoms with Gasteiger partial charge in [0, 0.05) is 0 Å². The summed E-state index contributed by atoms with van der Waals surface area (Å²) in [6.07, 6.45) is 1.42. The van der Waals surface area contributed by atoms with Crippen LogP contribution in [-0.2, 0) is 9.59 Å². The maximum atomic E-state index is 12.8. The summed E-state index contributed by atoms with van der Waals surface area (Å²) in [4.78, 5) is 38.1. The number of hydrogen-bond acceptors (Lipinski definition) is 5. The molecule has 7 nitrogen and oxygen atoms in total. The molecule has 1 saturated heterocycles. The predicted octanol–water partition coefficient (Wildman–Crippen LogP) is 3.13. The zero-order valence-corrected chi connectivity index (χ0v) is 16.1. The highest BCUT2D eigenvalue weighted by Crippen LogP contribution is 2.28. The van der Waals surface area contributed by atoms with Gasteiger partial charge in [-0.2, -0.15) is 0 Å². The van der Waals surface area contributed by atoms with E-state index in [9.17, 15) is 14.4 Å². The third-order valence-electron chi connectivity index (χ3n) is 3.92. The number of nitrogens with one attached hydrogen (secondary N) is 1. The van der Waals surface area contributed by atoms with Gasteiger partial charge in [0.1, 0.15) is 17.1 Å². The molecule has 1 heterocycles. The van der Waals surface area contributed by atoms with Gasteiger partial charge >= 0.3 is 6.03 Å². The molecule has 0 bridgehead atoms. The van der Waals surface area contributed by atoms with E-state index in [4.69, 9.17) is 9.47 Å². The maximum Gasteiger partial charge on any atom is 0.335 e. The normalized spacial score (nSPS) is 15.7. The molecule has 138 valence electrons. The monoisotopic (exact) mass is 430 g/mol. The van der Waals surface area contributed by atoms with Crippen molar-refractivity contribution in [3.63, 3.8) is 0 Å². The second-order valence-corrected chi connectivity index (χ2v) is 6.40. The van der Waals surface area contributed by atoms with Gasteiger partial charge in [0.05, 0.1) is 24.4 Å². The average molecular weight is 431 g/mol. The van der Waals surface area contributed by atoms with E-state index in [2.05, 4.69) is 21.2 Å². The number of anilines is 1. The first kappa shape index (κ1) is 18.7. The summed E-state index contributed by atoms with van der Waals surface area (Å²) < 4.78 is 10.9. The Morgan fingerprint density at radius 3 is 2.30 bits per heavy atom. The van der Waals surface area contributed by atoms with Crippen molar-refractivity contribution in [2.45, 2.75) is 0 Å². The van der Waals surface area contributed by atoms with Crippen molar-refractivity contribution >= 4 is 45.5 Å². The number of hydrogen-bond donors (Lipinski definition) is 1. The lowest BCUT2D eigenvalue weighted by Crippen LogP contribution is -2.54. The maximum absolute atomic E-state index is 12.8. The highest BCUT2D eigenvalue weighted by Gasteiger charge is 2.36. The van der Waals surface area contributed by atoms with E-state index in [0.717, 1.165) is 4.90 Å². The number of imide groups is 2. The highest BCUT2D eigenvalue weighted by molar-refractivity contribution is 9.10. The molecule has 0 atom stereocenters. The number of methoxy groups -OCH3 is 2. The molecule has 0 saturated carbocycles. The Bertz CT molecular complexity index is 953. The van der Waals surface area contributed by atoms with Crippen molar-refractivity contribution < 1.29 is 23.9 Å². The van der Waals surface area contributed by atoms with E-state index in [0.29, 0.717) is 27.2 Å². The first-order valence-electron chi connectivity index (χ1n) is 7.83. The number of benzene rings is 2. The van der Waals surface area contributed by atoms with Crippen LogP contribution in [0.1, 0.15) is 5.56 Å². The first-order valence-corrected chi connectivity index (χ1v) is 8.63. The summed E-state index contributed by atoms with van der Waals surface area (Å²) in [6.45, 7) is 0. The highest BCUT2D eigenvalue weighted by atomic mass is 79.9. The van der Waals surface area contributed by atoms with E-state index in [1.54, 1.807) is 42.5 Å². The molecule has 27 heavy (non-hydrogen) atoms. The Kier molecular flexibility index (Phi) is 5.27. The minimum absolute atomic E-state index is 0.150. The molecule has 0 spiro atoms. The van der Waals surface area contributed by atoms with Crippen LogP contribution in [0.4, 0.5) is 10.5 Å². The van der Waals surface area contributed by atoms with Crippen LogP contribution < -0.4 is 19.7 Å². The summed E-state index contributed by atoms with van der Waals surface area (Å²) in [5.41, 5.74) is 0.778. The Morgan fingerprint density at radius 2 is 1.70 bits per heavy atom. The Morgan fingerprint density at radius 1 is 1.00 bits per heavy atom. The van der Waals surface area contributed by atoms with Gasteiger partial charge in [0.25, 0.3) is 11.8 Å². The fourth-order valence-electron chi connectivity index (χ4n) is 2.56. The van der Waals surface area contributed by atoms with Crippen molar-refractivity contribution in [3.05, 3.63) is 58.1 Å². The minimum Gasteiger partial charge on any atom is -0.497 e. The molecule has 0 unspecified atom stereocenters.